The van der Waals surface area contributed by atoms with Gasteiger partial charge in [-0.15, -0.1) is 13.2 Å². The lowest BCUT2D eigenvalue weighted by atomic mass is 10.3. The molecular weight excluding hydrogens is 393 g/mol. The van der Waals surface area contributed by atoms with Crippen LogP contribution in [0.15, 0.2) is 18.2 Å². The minimum atomic E-state index is -4.80. The van der Waals surface area contributed by atoms with Crippen molar-refractivity contribution in [2.45, 2.75) is 37.3 Å². The second-order valence-electron chi connectivity index (χ2n) is 5.96. The van der Waals surface area contributed by atoms with Crippen LogP contribution < -0.4 is 10.1 Å². The van der Waals surface area contributed by atoms with Crippen LogP contribution in [0.1, 0.15) is 25.7 Å². The highest BCUT2D eigenvalue weighted by molar-refractivity contribution is 7.92. The van der Waals surface area contributed by atoms with E-state index in [0.717, 1.165) is 36.3 Å². The normalized spacial score (nSPS) is 16.1. The number of thiazole rings is 1. The Bertz CT molecular complexity index is 919. The molecule has 0 aliphatic heterocycles. The topological polar surface area (TPSA) is 85.4 Å². The van der Waals surface area contributed by atoms with Crippen molar-refractivity contribution in [2.24, 2.45) is 0 Å². The predicted molar refractivity (Wildman–Crippen MR) is 91.0 cm³/mol. The first-order chi connectivity index (χ1) is 12.1. The average Bonchev–Trinajstić information content (AvgIpc) is 3.13. The molecule has 0 bridgehead atoms. The number of nitrogens with one attached hydrogen (secondary N) is 1. The number of carbonyl (C=O) groups is 1. The first kappa shape index (κ1) is 18.9. The summed E-state index contributed by atoms with van der Waals surface area (Å²) in [6.07, 6.45) is -1.99. The fraction of sp³-hybridized carbons (Fsp3) is 0.467. The standard InChI is InChI=1S/C15H15F3N2O4S2/c16-15(17,18)24-9-5-6-11-12(7-9)25-14(19-11)20-13(21)8-26(22,23)10-3-1-2-4-10/h5-7,10H,1-4,8H2,(H,19,20,21). The zero-order chi connectivity index (χ0) is 18.9. The van der Waals surface area contributed by atoms with E-state index in [2.05, 4.69) is 15.0 Å². The van der Waals surface area contributed by atoms with E-state index >= 15 is 0 Å². The molecular formula is C15H15F3N2O4S2. The SMILES string of the molecule is O=C(CS(=O)(=O)C1CCCC1)Nc1nc2ccc(OC(F)(F)F)cc2s1. The molecule has 0 spiro atoms. The van der Waals surface area contributed by atoms with Crippen LogP contribution in [0.4, 0.5) is 18.3 Å². The summed E-state index contributed by atoms with van der Waals surface area (Å²) in [5.41, 5.74) is 0.374. The minimum absolute atomic E-state index is 0.121. The molecule has 1 fully saturated rings. The maximum atomic E-state index is 12.3. The smallest absolute Gasteiger partial charge is 0.406 e. The molecule has 0 atom stereocenters. The number of amides is 1. The Balaban J connectivity index is 1.69. The van der Waals surface area contributed by atoms with Gasteiger partial charge in [-0.2, -0.15) is 0 Å². The highest BCUT2D eigenvalue weighted by Crippen LogP contribution is 2.32. The molecule has 1 N–H and O–H groups in total. The Morgan fingerprint density at radius 2 is 2.00 bits per heavy atom. The molecule has 0 unspecified atom stereocenters. The maximum Gasteiger partial charge on any atom is 0.573 e. The Hall–Kier alpha value is -1.88. The van der Waals surface area contributed by atoms with Gasteiger partial charge in [0.2, 0.25) is 5.91 Å². The van der Waals surface area contributed by atoms with E-state index in [1.54, 1.807) is 0 Å². The number of sulfone groups is 1. The molecule has 1 saturated carbocycles. The second-order valence-corrected chi connectivity index (χ2v) is 9.27. The number of aromatic nitrogens is 1. The van der Waals surface area contributed by atoms with Gasteiger partial charge in [-0.05, 0) is 25.0 Å². The number of hydrogen-bond donors (Lipinski definition) is 1. The van der Waals surface area contributed by atoms with Crippen molar-refractivity contribution in [2.75, 3.05) is 11.1 Å². The van der Waals surface area contributed by atoms with Gasteiger partial charge in [0.05, 0.1) is 15.5 Å². The van der Waals surface area contributed by atoms with Crippen LogP contribution >= 0.6 is 11.3 Å². The molecule has 1 amide bonds. The van der Waals surface area contributed by atoms with Crippen molar-refractivity contribution >= 4 is 42.4 Å². The van der Waals surface area contributed by atoms with Gasteiger partial charge < -0.3 is 10.1 Å². The third-order valence-corrected chi connectivity index (χ3v) is 7.07. The summed E-state index contributed by atoms with van der Waals surface area (Å²) in [5, 5.41) is 2.05. The third-order valence-electron chi connectivity index (χ3n) is 3.98. The van der Waals surface area contributed by atoms with Gasteiger partial charge >= 0.3 is 6.36 Å². The monoisotopic (exact) mass is 408 g/mol. The van der Waals surface area contributed by atoms with Crippen LogP contribution in [-0.4, -0.2) is 36.7 Å². The molecule has 26 heavy (non-hydrogen) atoms. The summed E-state index contributed by atoms with van der Waals surface area (Å²) in [6.45, 7) is 0. The summed E-state index contributed by atoms with van der Waals surface area (Å²) in [7, 11) is -3.52. The van der Waals surface area contributed by atoms with Crippen LogP contribution in [0.3, 0.4) is 0 Å². The maximum absolute atomic E-state index is 12.3. The lowest BCUT2D eigenvalue weighted by Gasteiger charge is -2.10. The Morgan fingerprint density at radius 3 is 2.65 bits per heavy atom. The molecule has 6 nitrogen and oxygen atoms in total. The van der Waals surface area contributed by atoms with Crippen molar-refractivity contribution in [3.05, 3.63) is 18.2 Å². The third kappa shape index (κ3) is 4.64. The van der Waals surface area contributed by atoms with Gasteiger partial charge in [-0.25, -0.2) is 13.4 Å². The lowest BCUT2D eigenvalue weighted by Crippen LogP contribution is -2.29. The number of rotatable bonds is 5. The number of benzene rings is 1. The number of ether oxygens (including phenoxy) is 1. The van der Waals surface area contributed by atoms with Crippen molar-refractivity contribution in [3.8, 4) is 5.75 Å². The van der Waals surface area contributed by atoms with E-state index in [4.69, 9.17) is 0 Å². The van der Waals surface area contributed by atoms with E-state index < -0.39 is 38.9 Å². The number of nitrogens with zero attached hydrogens (tertiary/aromatic N) is 1. The summed E-state index contributed by atoms with van der Waals surface area (Å²) in [6, 6.07) is 3.61. The number of fused-ring (bicyclic) bond motifs is 1. The van der Waals surface area contributed by atoms with Crippen molar-refractivity contribution in [1.82, 2.24) is 4.98 Å². The highest BCUT2D eigenvalue weighted by atomic mass is 32.2. The van der Waals surface area contributed by atoms with E-state index in [9.17, 15) is 26.4 Å². The zero-order valence-corrected chi connectivity index (χ0v) is 15.0. The molecule has 3 rings (SSSR count). The van der Waals surface area contributed by atoms with Gasteiger partial charge in [0.25, 0.3) is 0 Å². The summed E-state index contributed by atoms with van der Waals surface area (Å²) in [4.78, 5) is 16.1. The second kappa shape index (κ2) is 7.03. The van der Waals surface area contributed by atoms with Crippen LogP contribution in [0.25, 0.3) is 10.2 Å². The van der Waals surface area contributed by atoms with Crippen molar-refractivity contribution in [1.29, 1.82) is 0 Å². The first-order valence-corrected chi connectivity index (χ1v) is 10.3. The minimum Gasteiger partial charge on any atom is -0.406 e. The molecule has 1 aliphatic rings. The molecule has 1 heterocycles. The zero-order valence-electron chi connectivity index (χ0n) is 13.4. The first-order valence-electron chi connectivity index (χ1n) is 7.80. The highest BCUT2D eigenvalue weighted by Gasteiger charge is 2.32. The summed E-state index contributed by atoms with van der Waals surface area (Å²) >= 11 is 0.939. The number of carbonyl (C=O) groups excluding carboxylic acids is 1. The van der Waals surface area contributed by atoms with E-state index in [-0.39, 0.29) is 5.13 Å². The van der Waals surface area contributed by atoms with E-state index in [1.165, 1.54) is 6.07 Å². The molecule has 0 radical (unpaired) electrons. The fourth-order valence-electron chi connectivity index (χ4n) is 2.86. The van der Waals surface area contributed by atoms with Crippen LogP contribution in [0.5, 0.6) is 5.75 Å². The Morgan fingerprint density at radius 1 is 1.31 bits per heavy atom. The fourth-order valence-corrected chi connectivity index (χ4v) is 5.49. The summed E-state index contributed by atoms with van der Waals surface area (Å²) < 4.78 is 65.3. The van der Waals surface area contributed by atoms with E-state index in [1.807, 2.05) is 0 Å². The molecule has 1 aromatic heterocycles. The molecule has 0 saturated heterocycles. The molecule has 11 heteroatoms. The molecule has 2 aromatic rings. The molecule has 142 valence electrons. The lowest BCUT2D eigenvalue weighted by molar-refractivity contribution is -0.274. The number of hydrogen-bond acceptors (Lipinski definition) is 6. The number of halogens is 3. The van der Waals surface area contributed by atoms with Gasteiger partial charge in [0.15, 0.2) is 15.0 Å². The molecule has 1 aromatic carbocycles. The average molecular weight is 408 g/mol. The van der Waals surface area contributed by atoms with E-state index in [0.29, 0.717) is 23.1 Å². The largest absolute Gasteiger partial charge is 0.573 e. The van der Waals surface area contributed by atoms with Crippen LogP contribution in [0, 0.1) is 0 Å². The van der Waals surface area contributed by atoms with Crippen LogP contribution in [0.2, 0.25) is 0 Å². The number of anilines is 1. The summed E-state index contributed by atoms with van der Waals surface area (Å²) in [5.74, 6) is -1.73. The van der Waals surface area contributed by atoms with Crippen LogP contribution in [-0.2, 0) is 14.6 Å². The molecule has 1 aliphatic carbocycles. The number of alkyl halides is 3. The van der Waals surface area contributed by atoms with Gasteiger partial charge in [-0.3, -0.25) is 4.79 Å². The van der Waals surface area contributed by atoms with Crippen molar-refractivity contribution in [3.63, 3.8) is 0 Å². The Kier molecular flexibility index (Phi) is 5.11. The Labute approximate surface area is 151 Å². The van der Waals surface area contributed by atoms with Gasteiger partial charge in [-0.1, -0.05) is 24.2 Å². The van der Waals surface area contributed by atoms with Crippen molar-refractivity contribution < 1.29 is 31.1 Å². The van der Waals surface area contributed by atoms with Gasteiger partial charge in [0.1, 0.15) is 11.5 Å². The predicted octanol–water partition coefficient (Wildman–Crippen LogP) is 3.49. The quantitative estimate of drug-likeness (QED) is 0.819. The van der Waals surface area contributed by atoms with Gasteiger partial charge in [0, 0.05) is 6.07 Å².